The molecule has 7 nitrogen and oxygen atoms in total. The number of halogens is 2. The summed E-state index contributed by atoms with van der Waals surface area (Å²) in [7, 11) is 1.44. The third-order valence-electron chi connectivity index (χ3n) is 3.56. The minimum Gasteiger partial charge on any atom is -0.336 e. The van der Waals surface area contributed by atoms with Crippen LogP contribution in [0.15, 0.2) is 42.5 Å². The molecule has 0 saturated heterocycles. The van der Waals surface area contributed by atoms with Crippen LogP contribution in [0.2, 0.25) is 10.0 Å². The van der Waals surface area contributed by atoms with E-state index in [1.54, 1.807) is 24.3 Å². The van der Waals surface area contributed by atoms with Crippen LogP contribution in [-0.4, -0.2) is 35.2 Å². The Bertz CT molecular complexity index is 837. The number of anilines is 1. The number of amides is 2. The summed E-state index contributed by atoms with van der Waals surface area (Å²) in [5.74, 6) is -0.918. The average molecular weight is 396 g/mol. The van der Waals surface area contributed by atoms with E-state index >= 15 is 0 Å². The van der Waals surface area contributed by atoms with Crippen molar-refractivity contribution >= 4 is 46.4 Å². The van der Waals surface area contributed by atoms with Crippen LogP contribution in [0.1, 0.15) is 5.56 Å². The second kappa shape index (κ2) is 8.64. The van der Waals surface area contributed by atoms with E-state index in [1.807, 2.05) is 0 Å². The molecule has 9 heteroatoms. The average Bonchev–Trinajstić information content (AvgIpc) is 2.58. The Balaban J connectivity index is 2.01. The molecule has 1 N–H and O–H groups in total. The molecular weight excluding hydrogens is 381 g/mol. The maximum absolute atomic E-state index is 12.3. The number of nitrogens with zero attached hydrogens (tertiary/aromatic N) is 2. The summed E-state index contributed by atoms with van der Waals surface area (Å²) in [6, 6.07) is 10.8. The van der Waals surface area contributed by atoms with Crippen LogP contribution in [0.25, 0.3) is 0 Å². The second-order valence-corrected chi connectivity index (χ2v) is 6.27. The van der Waals surface area contributed by atoms with Crippen molar-refractivity contribution in [3.05, 3.63) is 68.2 Å². The lowest BCUT2D eigenvalue weighted by molar-refractivity contribution is -0.385. The molecule has 0 fully saturated rings. The number of hydrogen-bond donors (Lipinski definition) is 1. The van der Waals surface area contributed by atoms with Crippen molar-refractivity contribution in [3.8, 4) is 0 Å². The van der Waals surface area contributed by atoms with E-state index < -0.39 is 16.7 Å². The highest BCUT2D eigenvalue weighted by atomic mass is 35.5. The number of nitrogens with one attached hydrogen (secondary N) is 1. The molecule has 2 aromatic carbocycles. The Hall–Kier alpha value is -2.64. The first kappa shape index (κ1) is 19.7. The van der Waals surface area contributed by atoms with Gasteiger partial charge in [-0.1, -0.05) is 47.5 Å². The minimum absolute atomic E-state index is 0.137. The molecular formula is C17H15Cl2N3O4. The summed E-state index contributed by atoms with van der Waals surface area (Å²) < 4.78 is 0. The smallest absolute Gasteiger partial charge is 0.273 e. The molecule has 0 heterocycles. The highest BCUT2D eigenvalue weighted by Crippen LogP contribution is 2.29. The molecule has 0 aromatic heterocycles. The first-order valence-corrected chi connectivity index (χ1v) is 8.25. The molecule has 2 aromatic rings. The molecule has 0 atom stereocenters. The van der Waals surface area contributed by atoms with Gasteiger partial charge in [0.15, 0.2) is 0 Å². The van der Waals surface area contributed by atoms with Gasteiger partial charge in [0, 0.05) is 18.7 Å². The topological polar surface area (TPSA) is 92.6 Å². The van der Waals surface area contributed by atoms with Gasteiger partial charge in [0.05, 0.1) is 33.6 Å². The van der Waals surface area contributed by atoms with Gasteiger partial charge in [-0.25, -0.2) is 0 Å². The van der Waals surface area contributed by atoms with E-state index in [0.29, 0.717) is 0 Å². The maximum atomic E-state index is 12.3. The third-order valence-corrected chi connectivity index (χ3v) is 4.19. The summed E-state index contributed by atoms with van der Waals surface area (Å²) in [6.07, 6.45) is -0.187. The van der Waals surface area contributed by atoms with Crippen LogP contribution in [0.3, 0.4) is 0 Å². The molecule has 0 radical (unpaired) electrons. The van der Waals surface area contributed by atoms with Gasteiger partial charge in [-0.3, -0.25) is 19.7 Å². The van der Waals surface area contributed by atoms with Crippen LogP contribution in [0, 0.1) is 10.1 Å². The molecule has 0 bridgehead atoms. The van der Waals surface area contributed by atoms with Crippen LogP contribution in [0.4, 0.5) is 11.4 Å². The van der Waals surface area contributed by atoms with Crippen molar-refractivity contribution in [2.75, 3.05) is 18.9 Å². The van der Waals surface area contributed by atoms with E-state index in [-0.39, 0.29) is 39.9 Å². The Morgan fingerprint density at radius 2 is 1.73 bits per heavy atom. The van der Waals surface area contributed by atoms with E-state index in [2.05, 4.69) is 5.32 Å². The minimum atomic E-state index is -0.547. The van der Waals surface area contributed by atoms with Gasteiger partial charge in [0.1, 0.15) is 0 Å². The normalized spacial score (nSPS) is 10.3. The summed E-state index contributed by atoms with van der Waals surface area (Å²) >= 11 is 12.0. The summed E-state index contributed by atoms with van der Waals surface area (Å²) in [6.45, 7) is -0.249. The lowest BCUT2D eigenvalue weighted by atomic mass is 10.1. The molecule has 2 amide bonds. The Morgan fingerprint density at radius 3 is 2.35 bits per heavy atom. The molecule has 26 heavy (non-hydrogen) atoms. The van der Waals surface area contributed by atoms with Crippen molar-refractivity contribution in [2.45, 2.75) is 6.42 Å². The number of carbonyl (C=O) groups excluding carboxylic acids is 2. The van der Waals surface area contributed by atoms with E-state index in [1.165, 1.54) is 30.1 Å². The van der Waals surface area contributed by atoms with Gasteiger partial charge in [0.2, 0.25) is 11.8 Å². The van der Waals surface area contributed by atoms with Gasteiger partial charge in [0.25, 0.3) is 5.69 Å². The molecule has 0 spiro atoms. The third kappa shape index (κ3) is 4.93. The second-order valence-electron chi connectivity index (χ2n) is 5.46. The molecule has 2 rings (SSSR count). The lowest BCUT2D eigenvalue weighted by Crippen LogP contribution is -2.36. The highest BCUT2D eigenvalue weighted by Gasteiger charge is 2.20. The lowest BCUT2D eigenvalue weighted by Gasteiger charge is -2.17. The molecule has 0 aliphatic rings. The summed E-state index contributed by atoms with van der Waals surface area (Å²) in [4.78, 5) is 36.0. The number of nitro benzene ring substituents is 1. The van der Waals surface area contributed by atoms with Crippen molar-refractivity contribution in [1.82, 2.24) is 4.90 Å². The molecule has 136 valence electrons. The number of likely N-dealkylation sites (N-methyl/N-ethyl adjacent to an activating group) is 1. The summed E-state index contributed by atoms with van der Waals surface area (Å²) in [5.41, 5.74) is 0.408. The SMILES string of the molecule is CN(CC(=O)Nc1c(Cl)cccc1Cl)C(=O)Cc1ccccc1[N+](=O)[O-]. The molecule has 0 aliphatic heterocycles. The fourth-order valence-corrected chi connectivity index (χ4v) is 2.73. The number of rotatable bonds is 6. The zero-order valence-electron chi connectivity index (χ0n) is 13.7. The monoisotopic (exact) mass is 395 g/mol. The fourth-order valence-electron chi connectivity index (χ4n) is 2.24. The number of hydrogen-bond acceptors (Lipinski definition) is 4. The van der Waals surface area contributed by atoms with Gasteiger partial charge in [-0.2, -0.15) is 0 Å². The standard InChI is InChI=1S/C17H15Cl2N3O4/c1-21(10-15(23)20-17-12(18)6-4-7-13(17)19)16(24)9-11-5-2-3-8-14(11)22(25)26/h2-8H,9-10H2,1H3,(H,20,23). The van der Waals surface area contributed by atoms with Crippen LogP contribution >= 0.6 is 23.2 Å². The van der Waals surface area contributed by atoms with Gasteiger partial charge < -0.3 is 10.2 Å². The maximum Gasteiger partial charge on any atom is 0.273 e. The van der Waals surface area contributed by atoms with Crippen LogP contribution in [-0.2, 0) is 16.0 Å². The number of benzene rings is 2. The highest BCUT2D eigenvalue weighted by molar-refractivity contribution is 6.39. The predicted octanol–water partition coefficient (Wildman–Crippen LogP) is 3.54. The van der Waals surface area contributed by atoms with Crippen LogP contribution < -0.4 is 5.32 Å². The summed E-state index contributed by atoms with van der Waals surface area (Å²) in [5, 5.41) is 14.1. The van der Waals surface area contributed by atoms with Crippen molar-refractivity contribution in [2.24, 2.45) is 0 Å². The zero-order valence-corrected chi connectivity index (χ0v) is 15.3. The van der Waals surface area contributed by atoms with E-state index in [4.69, 9.17) is 23.2 Å². The van der Waals surface area contributed by atoms with Gasteiger partial charge in [-0.05, 0) is 12.1 Å². The Labute approximate surface area is 159 Å². The first-order valence-electron chi connectivity index (χ1n) is 7.49. The zero-order chi connectivity index (χ0) is 19.3. The fraction of sp³-hybridized carbons (Fsp3) is 0.176. The molecule has 0 aliphatic carbocycles. The Morgan fingerprint density at radius 1 is 1.12 bits per heavy atom. The Kier molecular flexibility index (Phi) is 6.54. The molecule has 0 unspecified atom stereocenters. The quantitative estimate of drug-likeness (QED) is 0.597. The van der Waals surface area contributed by atoms with Crippen molar-refractivity contribution in [3.63, 3.8) is 0 Å². The van der Waals surface area contributed by atoms with Crippen LogP contribution in [0.5, 0.6) is 0 Å². The van der Waals surface area contributed by atoms with E-state index in [0.717, 1.165) is 0 Å². The largest absolute Gasteiger partial charge is 0.336 e. The number of nitro groups is 1. The first-order chi connectivity index (χ1) is 12.3. The van der Waals surface area contributed by atoms with E-state index in [9.17, 15) is 19.7 Å². The number of carbonyl (C=O) groups is 2. The predicted molar refractivity (Wildman–Crippen MR) is 99.5 cm³/mol. The van der Waals surface area contributed by atoms with Gasteiger partial charge >= 0.3 is 0 Å². The molecule has 0 saturated carbocycles. The van der Waals surface area contributed by atoms with Crippen molar-refractivity contribution < 1.29 is 14.5 Å². The van der Waals surface area contributed by atoms with Gasteiger partial charge in [-0.15, -0.1) is 0 Å². The number of para-hydroxylation sites is 2. The van der Waals surface area contributed by atoms with Crippen molar-refractivity contribution in [1.29, 1.82) is 0 Å².